The van der Waals surface area contributed by atoms with Crippen molar-refractivity contribution >= 4 is 11.5 Å². The van der Waals surface area contributed by atoms with Crippen LogP contribution in [0.1, 0.15) is 34.7 Å². The smallest absolute Gasteiger partial charge is 0.417 e. The first-order valence-corrected chi connectivity index (χ1v) is 11.2. The summed E-state index contributed by atoms with van der Waals surface area (Å²) in [5, 5.41) is 8.91. The standard InChI is InChI=1S/C27H17F5N2O3/c1-2-36-26(35)25-18-6-14-8-23(34-11-19(14)24(18)25)37-12-15-7-17(20(9-21(15)28)27(30,31)32)16-4-3-13(10-33)5-22(16)29/h3-5,7-9,11,18H,2,6,12H2,1H3. The number of nitrogens with zero attached hydrogens (tertiary/aromatic N) is 2. The summed E-state index contributed by atoms with van der Waals surface area (Å²) in [5.41, 5.74) is 0.566. The number of hydrogen-bond donors (Lipinski definition) is 0. The van der Waals surface area contributed by atoms with Gasteiger partial charge in [0.05, 0.1) is 23.8 Å². The van der Waals surface area contributed by atoms with Crippen molar-refractivity contribution in [1.82, 2.24) is 4.98 Å². The molecule has 5 rings (SSSR count). The minimum atomic E-state index is -4.95. The Labute approximate surface area is 207 Å². The van der Waals surface area contributed by atoms with Gasteiger partial charge in [-0.2, -0.15) is 18.4 Å². The molecule has 1 atom stereocenters. The number of fused-ring (bicyclic) bond motifs is 3. The van der Waals surface area contributed by atoms with Crippen LogP contribution in [0.3, 0.4) is 0 Å². The summed E-state index contributed by atoms with van der Waals surface area (Å²) in [6.45, 7) is 1.55. The van der Waals surface area contributed by atoms with E-state index in [-0.39, 0.29) is 35.5 Å². The maximum absolute atomic E-state index is 14.7. The average molecular weight is 512 g/mol. The van der Waals surface area contributed by atoms with Crippen LogP contribution in [-0.2, 0) is 28.7 Å². The van der Waals surface area contributed by atoms with E-state index in [1.165, 1.54) is 12.3 Å². The molecule has 1 heterocycles. The fraction of sp³-hybridized carbons (Fsp3) is 0.222. The molecule has 2 aromatic carbocycles. The van der Waals surface area contributed by atoms with Gasteiger partial charge in [-0.25, -0.2) is 18.6 Å². The highest BCUT2D eigenvalue weighted by atomic mass is 19.4. The molecule has 2 aliphatic rings. The Balaban J connectivity index is 1.41. The van der Waals surface area contributed by atoms with Crippen molar-refractivity contribution < 1.29 is 36.2 Å². The zero-order chi connectivity index (χ0) is 26.5. The number of benzene rings is 2. The number of carbonyl (C=O) groups is 1. The molecule has 0 saturated heterocycles. The number of halogens is 5. The molecule has 0 spiro atoms. The second kappa shape index (κ2) is 9.00. The third-order valence-electron chi connectivity index (χ3n) is 6.33. The topological polar surface area (TPSA) is 72.2 Å². The van der Waals surface area contributed by atoms with Crippen LogP contribution in [0.5, 0.6) is 5.88 Å². The molecule has 0 amide bonds. The largest absolute Gasteiger partial charge is 0.473 e. The molecule has 3 aromatic rings. The number of ether oxygens (including phenoxy) is 2. The summed E-state index contributed by atoms with van der Waals surface area (Å²) in [5.74, 6) is -2.46. The van der Waals surface area contributed by atoms with Crippen LogP contribution in [-0.4, -0.2) is 17.6 Å². The van der Waals surface area contributed by atoms with E-state index in [0.717, 1.165) is 34.9 Å². The predicted molar refractivity (Wildman–Crippen MR) is 121 cm³/mol. The number of hydrogen-bond acceptors (Lipinski definition) is 5. The first-order chi connectivity index (χ1) is 17.6. The zero-order valence-electron chi connectivity index (χ0n) is 19.2. The number of pyridine rings is 1. The van der Waals surface area contributed by atoms with Gasteiger partial charge in [-0.3, -0.25) is 0 Å². The lowest BCUT2D eigenvalue weighted by molar-refractivity contribution is -0.138. The molecule has 0 saturated carbocycles. The number of esters is 1. The molecule has 10 heteroatoms. The third kappa shape index (κ3) is 4.42. The Bertz CT molecular complexity index is 1520. The number of aromatic nitrogens is 1. The molecule has 0 fully saturated rings. The second-order valence-electron chi connectivity index (χ2n) is 8.57. The van der Waals surface area contributed by atoms with Crippen LogP contribution < -0.4 is 4.74 Å². The van der Waals surface area contributed by atoms with Gasteiger partial charge >= 0.3 is 12.1 Å². The molecular formula is C27H17F5N2O3. The normalized spacial score (nSPS) is 15.6. The number of alkyl halides is 3. The monoisotopic (exact) mass is 512 g/mol. The van der Waals surface area contributed by atoms with Crippen molar-refractivity contribution in [3.63, 3.8) is 0 Å². The molecule has 0 N–H and O–H groups in total. The highest BCUT2D eigenvalue weighted by molar-refractivity contribution is 6.12. The van der Waals surface area contributed by atoms with Gasteiger partial charge in [-0.1, -0.05) is 6.07 Å². The van der Waals surface area contributed by atoms with Gasteiger partial charge in [-0.05, 0) is 54.3 Å². The van der Waals surface area contributed by atoms with Crippen molar-refractivity contribution in [3.05, 3.63) is 87.6 Å². The first-order valence-electron chi connectivity index (χ1n) is 11.2. The number of carbonyl (C=O) groups excluding carboxylic acids is 1. The summed E-state index contributed by atoms with van der Waals surface area (Å²) in [6, 6.07) is 7.59. The van der Waals surface area contributed by atoms with Crippen molar-refractivity contribution in [3.8, 4) is 23.1 Å². The zero-order valence-corrected chi connectivity index (χ0v) is 19.2. The molecule has 2 aliphatic carbocycles. The molecule has 0 aliphatic heterocycles. The molecule has 5 nitrogen and oxygen atoms in total. The van der Waals surface area contributed by atoms with E-state index in [0.29, 0.717) is 18.1 Å². The van der Waals surface area contributed by atoms with Gasteiger partial charge < -0.3 is 9.47 Å². The van der Waals surface area contributed by atoms with E-state index < -0.39 is 41.1 Å². The van der Waals surface area contributed by atoms with Gasteiger partial charge in [0.25, 0.3) is 0 Å². The van der Waals surface area contributed by atoms with E-state index in [1.807, 2.05) is 0 Å². The molecular weight excluding hydrogens is 495 g/mol. The minimum Gasteiger partial charge on any atom is -0.473 e. The van der Waals surface area contributed by atoms with E-state index in [4.69, 9.17) is 14.7 Å². The molecule has 37 heavy (non-hydrogen) atoms. The highest BCUT2D eigenvalue weighted by Gasteiger charge is 2.48. The minimum absolute atomic E-state index is 0.0247. The molecule has 1 aromatic heterocycles. The predicted octanol–water partition coefficient (Wildman–Crippen LogP) is 6.00. The Morgan fingerprint density at radius 1 is 1.11 bits per heavy atom. The maximum Gasteiger partial charge on any atom is 0.417 e. The number of nitriles is 1. The van der Waals surface area contributed by atoms with Crippen LogP contribution in [0.15, 0.2) is 48.2 Å². The Hall–Kier alpha value is -4.26. The quantitative estimate of drug-likeness (QED) is 0.299. The second-order valence-corrected chi connectivity index (χ2v) is 8.57. The van der Waals surface area contributed by atoms with Crippen LogP contribution in [0.25, 0.3) is 16.7 Å². The number of rotatable bonds is 6. The SMILES string of the molecule is CCOC(=O)C1=C2c3cnc(OCc4cc(-c5ccc(C#N)cc5F)c(C(F)(F)F)cc4F)cc3CC12. The molecule has 188 valence electrons. The Kier molecular flexibility index (Phi) is 5.94. The van der Waals surface area contributed by atoms with Gasteiger partial charge in [-0.15, -0.1) is 0 Å². The van der Waals surface area contributed by atoms with Crippen molar-refractivity contribution in [1.29, 1.82) is 5.26 Å². The van der Waals surface area contributed by atoms with Crippen molar-refractivity contribution in [2.75, 3.05) is 6.61 Å². The number of allylic oxidation sites excluding steroid dienone is 1. The lowest BCUT2D eigenvalue weighted by atomic mass is 9.95. The first kappa shape index (κ1) is 24.4. The fourth-order valence-corrected chi connectivity index (χ4v) is 4.59. The Morgan fingerprint density at radius 3 is 2.57 bits per heavy atom. The van der Waals surface area contributed by atoms with Gasteiger partial charge in [0.1, 0.15) is 18.2 Å². The molecule has 0 radical (unpaired) electrons. The van der Waals surface area contributed by atoms with Gasteiger partial charge in [0.2, 0.25) is 5.88 Å². The maximum atomic E-state index is 14.7. The molecule has 1 unspecified atom stereocenters. The van der Waals surface area contributed by atoms with E-state index in [9.17, 15) is 26.7 Å². The van der Waals surface area contributed by atoms with Crippen LogP contribution in [0, 0.1) is 28.9 Å². The summed E-state index contributed by atoms with van der Waals surface area (Å²) in [7, 11) is 0. The summed E-state index contributed by atoms with van der Waals surface area (Å²) in [4.78, 5) is 16.2. The van der Waals surface area contributed by atoms with Crippen molar-refractivity contribution in [2.45, 2.75) is 26.1 Å². The van der Waals surface area contributed by atoms with Gasteiger partial charge in [0.15, 0.2) is 0 Å². The van der Waals surface area contributed by atoms with E-state index in [2.05, 4.69) is 4.98 Å². The van der Waals surface area contributed by atoms with Crippen LogP contribution in [0.2, 0.25) is 0 Å². The Morgan fingerprint density at radius 2 is 1.89 bits per heavy atom. The third-order valence-corrected chi connectivity index (χ3v) is 6.33. The molecule has 0 bridgehead atoms. The summed E-state index contributed by atoms with van der Waals surface area (Å²) >= 11 is 0. The lowest BCUT2D eigenvalue weighted by Crippen LogP contribution is -2.11. The lowest BCUT2D eigenvalue weighted by Gasteiger charge is -2.17. The van der Waals surface area contributed by atoms with E-state index in [1.54, 1.807) is 19.1 Å². The van der Waals surface area contributed by atoms with Crippen LogP contribution in [0.4, 0.5) is 22.0 Å². The van der Waals surface area contributed by atoms with E-state index >= 15 is 0 Å². The van der Waals surface area contributed by atoms with Gasteiger partial charge in [0, 0.05) is 40.4 Å². The summed E-state index contributed by atoms with van der Waals surface area (Å²) < 4.78 is 80.8. The summed E-state index contributed by atoms with van der Waals surface area (Å²) in [6.07, 6.45) is -2.85. The van der Waals surface area contributed by atoms with Crippen molar-refractivity contribution in [2.24, 2.45) is 5.92 Å². The highest BCUT2D eigenvalue weighted by Crippen LogP contribution is 2.56. The van der Waals surface area contributed by atoms with Crippen LogP contribution >= 0.6 is 0 Å². The average Bonchev–Trinajstić information content (AvgIpc) is 3.44. The fourth-order valence-electron chi connectivity index (χ4n) is 4.59.